The van der Waals surface area contributed by atoms with E-state index in [1.807, 2.05) is 17.8 Å². The predicted molar refractivity (Wildman–Crippen MR) is 80.9 cm³/mol. The Hall–Kier alpha value is -1.67. The summed E-state index contributed by atoms with van der Waals surface area (Å²) in [5.74, 6) is 0.914. The third kappa shape index (κ3) is 2.06. The summed E-state index contributed by atoms with van der Waals surface area (Å²) >= 11 is 1.83. The van der Waals surface area contributed by atoms with Crippen molar-refractivity contribution in [3.05, 3.63) is 59.2 Å². The van der Waals surface area contributed by atoms with E-state index in [-0.39, 0.29) is 0 Å². The van der Waals surface area contributed by atoms with Crippen LogP contribution in [0.15, 0.2) is 57.8 Å². The number of methoxy groups -OCH3 is 1. The molecule has 0 aromatic heterocycles. The van der Waals surface area contributed by atoms with Gasteiger partial charge in [0.05, 0.1) is 7.11 Å². The smallest absolute Gasteiger partial charge is 0.119 e. The molecule has 1 heterocycles. The summed E-state index contributed by atoms with van der Waals surface area (Å²) in [5, 5.41) is 0. The van der Waals surface area contributed by atoms with Gasteiger partial charge in [0.1, 0.15) is 5.75 Å². The summed E-state index contributed by atoms with van der Waals surface area (Å²) in [7, 11) is 1.72. The average molecular weight is 268 g/mol. The predicted octanol–water partition coefficient (Wildman–Crippen LogP) is 5.00. The lowest BCUT2D eigenvalue weighted by molar-refractivity contribution is 0.414. The van der Waals surface area contributed by atoms with Gasteiger partial charge in [-0.2, -0.15) is 0 Å². The number of fused-ring (bicyclic) bond motifs is 2. The molecule has 96 valence electrons. The summed E-state index contributed by atoms with van der Waals surface area (Å²) in [4.78, 5) is 2.63. The molecule has 1 aliphatic rings. The molecule has 1 aliphatic heterocycles. The zero-order chi connectivity index (χ0) is 13.4. The average Bonchev–Trinajstić information content (AvgIpc) is 2.43. The molecular weight excluding hydrogens is 252 g/mol. The second-order valence-electron chi connectivity index (χ2n) is 4.84. The highest BCUT2D eigenvalue weighted by molar-refractivity contribution is 7.99. The molecule has 0 radical (unpaired) electrons. The van der Waals surface area contributed by atoms with Crippen molar-refractivity contribution in [2.24, 2.45) is 0 Å². The zero-order valence-electron chi connectivity index (χ0n) is 11.4. The molecule has 2 aromatic carbocycles. The van der Waals surface area contributed by atoms with Gasteiger partial charge in [0.25, 0.3) is 0 Å². The molecule has 0 saturated carbocycles. The van der Waals surface area contributed by atoms with E-state index in [1.54, 1.807) is 7.11 Å². The van der Waals surface area contributed by atoms with E-state index in [0.717, 1.165) is 5.75 Å². The fraction of sp³-hybridized carbons (Fsp3) is 0.176. The van der Waals surface area contributed by atoms with Crippen LogP contribution in [-0.4, -0.2) is 7.11 Å². The van der Waals surface area contributed by atoms with Crippen molar-refractivity contribution in [3.63, 3.8) is 0 Å². The van der Waals surface area contributed by atoms with Crippen molar-refractivity contribution in [1.82, 2.24) is 0 Å². The van der Waals surface area contributed by atoms with Gasteiger partial charge in [-0.3, -0.25) is 0 Å². The van der Waals surface area contributed by atoms with Crippen LogP contribution in [-0.2, 0) is 0 Å². The number of benzene rings is 2. The maximum Gasteiger partial charge on any atom is 0.119 e. The van der Waals surface area contributed by atoms with Crippen molar-refractivity contribution < 1.29 is 4.74 Å². The summed E-state index contributed by atoms with van der Waals surface area (Å²) < 4.78 is 5.36. The van der Waals surface area contributed by atoms with E-state index in [4.69, 9.17) is 4.74 Å². The minimum absolute atomic E-state index is 0.914. The molecule has 0 spiro atoms. The molecule has 0 bridgehead atoms. The molecule has 0 N–H and O–H groups in total. The van der Waals surface area contributed by atoms with Gasteiger partial charge in [-0.15, -0.1) is 0 Å². The van der Waals surface area contributed by atoms with E-state index >= 15 is 0 Å². The van der Waals surface area contributed by atoms with Crippen LogP contribution in [0.1, 0.15) is 25.0 Å². The molecule has 2 aromatic rings. The van der Waals surface area contributed by atoms with Crippen LogP contribution in [0.2, 0.25) is 0 Å². The second kappa shape index (κ2) is 4.78. The van der Waals surface area contributed by atoms with Crippen LogP contribution in [0.4, 0.5) is 0 Å². The molecule has 3 rings (SSSR count). The van der Waals surface area contributed by atoms with Crippen molar-refractivity contribution in [2.75, 3.05) is 7.11 Å². The van der Waals surface area contributed by atoms with E-state index < -0.39 is 0 Å². The standard InChI is InChI=1S/C17H16OS/c1-11(2)17-13-6-4-5-7-15(13)19-16-9-8-12(18-3)10-14(16)17/h4-10H,1-3H3. The van der Waals surface area contributed by atoms with E-state index in [2.05, 4.69) is 50.2 Å². The molecule has 0 unspecified atom stereocenters. The van der Waals surface area contributed by atoms with Crippen LogP contribution >= 0.6 is 11.8 Å². The first kappa shape index (κ1) is 12.4. The Morgan fingerprint density at radius 3 is 2.42 bits per heavy atom. The van der Waals surface area contributed by atoms with Gasteiger partial charge in [0.2, 0.25) is 0 Å². The molecule has 0 aliphatic carbocycles. The van der Waals surface area contributed by atoms with Gasteiger partial charge >= 0.3 is 0 Å². The molecule has 0 fully saturated rings. The van der Waals surface area contributed by atoms with Crippen molar-refractivity contribution >= 4 is 17.3 Å². The van der Waals surface area contributed by atoms with Gasteiger partial charge in [0, 0.05) is 9.79 Å². The van der Waals surface area contributed by atoms with Crippen molar-refractivity contribution in [2.45, 2.75) is 23.6 Å². The fourth-order valence-electron chi connectivity index (χ4n) is 2.48. The number of hydrogen-bond donors (Lipinski definition) is 0. The van der Waals surface area contributed by atoms with Gasteiger partial charge in [-0.1, -0.05) is 35.5 Å². The van der Waals surface area contributed by atoms with Crippen LogP contribution < -0.4 is 4.74 Å². The monoisotopic (exact) mass is 268 g/mol. The quantitative estimate of drug-likeness (QED) is 0.614. The highest BCUT2D eigenvalue weighted by atomic mass is 32.2. The van der Waals surface area contributed by atoms with Crippen LogP contribution in [0.5, 0.6) is 5.75 Å². The Kier molecular flexibility index (Phi) is 3.11. The van der Waals surface area contributed by atoms with Crippen molar-refractivity contribution in [1.29, 1.82) is 0 Å². The highest BCUT2D eigenvalue weighted by Gasteiger charge is 2.21. The highest BCUT2D eigenvalue weighted by Crippen LogP contribution is 2.47. The topological polar surface area (TPSA) is 9.23 Å². The first-order valence-corrected chi connectivity index (χ1v) is 7.15. The number of ether oxygens (including phenoxy) is 1. The molecule has 19 heavy (non-hydrogen) atoms. The minimum atomic E-state index is 0.914. The lowest BCUT2D eigenvalue weighted by atomic mass is 9.93. The van der Waals surface area contributed by atoms with Gasteiger partial charge < -0.3 is 4.74 Å². The number of hydrogen-bond acceptors (Lipinski definition) is 2. The Bertz CT molecular complexity index is 667. The molecule has 2 heteroatoms. The van der Waals surface area contributed by atoms with E-state index in [9.17, 15) is 0 Å². The first-order valence-electron chi connectivity index (χ1n) is 6.34. The van der Waals surface area contributed by atoms with Crippen LogP contribution in [0, 0.1) is 0 Å². The fourth-order valence-corrected chi connectivity index (χ4v) is 3.56. The summed E-state index contributed by atoms with van der Waals surface area (Å²) in [6.07, 6.45) is 0. The Morgan fingerprint density at radius 2 is 1.68 bits per heavy atom. The van der Waals surface area contributed by atoms with Gasteiger partial charge in [0.15, 0.2) is 0 Å². The normalized spacial score (nSPS) is 12.7. The Balaban J connectivity index is 2.28. The van der Waals surface area contributed by atoms with Gasteiger partial charge in [-0.05, 0) is 54.8 Å². The maximum absolute atomic E-state index is 5.36. The third-order valence-corrected chi connectivity index (χ3v) is 4.48. The van der Waals surface area contributed by atoms with E-state index in [0.29, 0.717) is 0 Å². The lowest BCUT2D eigenvalue weighted by Crippen LogP contribution is -2.01. The summed E-state index contributed by atoms with van der Waals surface area (Å²) in [6, 6.07) is 14.9. The summed E-state index contributed by atoms with van der Waals surface area (Å²) in [6.45, 7) is 4.34. The molecular formula is C17H16OS. The molecule has 1 nitrogen and oxygen atoms in total. The Morgan fingerprint density at radius 1 is 0.947 bits per heavy atom. The van der Waals surface area contributed by atoms with E-state index in [1.165, 1.54) is 32.1 Å². The molecule has 0 saturated heterocycles. The maximum atomic E-state index is 5.36. The first-order chi connectivity index (χ1) is 9.20. The number of rotatable bonds is 1. The Labute approximate surface area is 118 Å². The van der Waals surface area contributed by atoms with Crippen LogP contribution in [0.25, 0.3) is 5.57 Å². The summed E-state index contributed by atoms with van der Waals surface area (Å²) in [5.41, 5.74) is 5.28. The van der Waals surface area contributed by atoms with Gasteiger partial charge in [-0.25, -0.2) is 0 Å². The zero-order valence-corrected chi connectivity index (χ0v) is 12.2. The van der Waals surface area contributed by atoms with Crippen molar-refractivity contribution in [3.8, 4) is 5.75 Å². The third-order valence-electron chi connectivity index (χ3n) is 3.33. The molecule has 0 amide bonds. The largest absolute Gasteiger partial charge is 0.497 e. The lowest BCUT2D eigenvalue weighted by Gasteiger charge is -2.23. The molecule has 0 atom stereocenters. The van der Waals surface area contributed by atoms with Crippen LogP contribution in [0.3, 0.4) is 0 Å². The second-order valence-corrected chi connectivity index (χ2v) is 5.92. The SMILES string of the molecule is COc1ccc2c(c1)C(=C(C)C)c1ccccc1S2. The number of allylic oxidation sites excluding steroid dienone is 1. The minimum Gasteiger partial charge on any atom is -0.497 e.